The van der Waals surface area contributed by atoms with E-state index in [2.05, 4.69) is 34.2 Å². The molecule has 0 radical (unpaired) electrons. The van der Waals surface area contributed by atoms with Crippen LogP contribution in [-0.2, 0) is 9.47 Å². The van der Waals surface area contributed by atoms with Crippen molar-refractivity contribution in [2.45, 2.75) is 19.4 Å². The van der Waals surface area contributed by atoms with Crippen LogP contribution >= 0.6 is 15.9 Å². The lowest BCUT2D eigenvalue weighted by molar-refractivity contribution is 0.0644. The summed E-state index contributed by atoms with van der Waals surface area (Å²) < 4.78 is 17.0. The van der Waals surface area contributed by atoms with Crippen LogP contribution in [0, 0.1) is 0 Å². The first-order valence-electron chi connectivity index (χ1n) is 6.85. The minimum atomic E-state index is 0.313. The molecule has 5 heteroatoms. The van der Waals surface area contributed by atoms with Gasteiger partial charge in [-0.05, 0) is 31.7 Å². The Bertz CT molecular complexity index is 387. The van der Waals surface area contributed by atoms with E-state index in [-0.39, 0.29) is 0 Å². The van der Waals surface area contributed by atoms with E-state index in [0.717, 1.165) is 16.6 Å². The van der Waals surface area contributed by atoms with E-state index < -0.39 is 0 Å². The van der Waals surface area contributed by atoms with Gasteiger partial charge in [-0.3, -0.25) is 0 Å². The molecule has 1 atom stereocenters. The van der Waals surface area contributed by atoms with Gasteiger partial charge in [-0.25, -0.2) is 0 Å². The molecule has 1 aromatic carbocycles. The number of ether oxygens (including phenoxy) is 3. The standard InChI is InChI=1S/C15H24BrNO3/c1-12(17-2)14-6-5-13(11-15(14)16)20-8-4-7-19-10-9-18-3/h5-6,11-12,17H,4,7-10H2,1-3H3. The lowest BCUT2D eigenvalue weighted by atomic mass is 10.1. The Hall–Kier alpha value is -0.620. The summed E-state index contributed by atoms with van der Waals surface area (Å²) in [4.78, 5) is 0. The Morgan fingerprint density at radius 2 is 2.00 bits per heavy atom. The quantitative estimate of drug-likeness (QED) is 0.661. The summed E-state index contributed by atoms with van der Waals surface area (Å²) in [5.41, 5.74) is 1.22. The number of methoxy groups -OCH3 is 1. The molecule has 0 bridgehead atoms. The van der Waals surface area contributed by atoms with Gasteiger partial charge in [-0.2, -0.15) is 0 Å². The molecule has 0 heterocycles. The number of benzene rings is 1. The fourth-order valence-corrected chi connectivity index (χ4v) is 2.40. The zero-order valence-electron chi connectivity index (χ0n) is 12.4. The number of nitrogens with one attached hydrogen (secondary N) is 1. The molecule has 1 aromatic rings. The maximum atomic E-state index is 5.70. The van der Waals surface area contributed by atoms with Crippen LogP contribution in [-0.4, -0.2) is 40.6 Å². The van der Waals surface area contributed by atoms with E-state index in [1.807, 2.05) is 19.2 Å². The third kappa shape index (κ3) is 6.22. The van der Waals surface area contributed by atoms with Gasteiger partial charge in [0.2, 0.25) is 0 Å². The number of hydrogen-bond donors (Lipinski definition) is 1. The predicted octanol–water partition coefficient (Wildman–Crippen LogP) is 3.16. The van der Waals surface area contributed by atoms with Gasteiger partial charge in [0.1, 0.15) is 5.75 Å². The summed E-state index contributed by atoms with van der Waals surface area (Å²) in [7, 11) is 3.62. The summed E-state index contributed by atoms with van der Waals surface area (Å²) in [5, 5.41) is 3.22. The monoisotopic (exact) mass is 345 g/mol. The van der Waals surface area contributed by atoms with Crippen LogP contribution in [0.25, 0.3) is 0 Å². The minimum Gasteiger partial charge on any atom is -0.493 e. The first-order valence-corrected chi connectivity index (χ1v) is 7.64. The van der Waals surface area contributed by atoms with E-state index in [9.17, 15) is 0 Å². The Labute approximate surface area is 129 Å². The van der Waals surface area contributed by atoms with Gasteiger partial charge in [0.15, 0.2) is 0 Å². The van der Waals surface area contributed by atoms with Gasteiger partial charge < -0.3 is 19.5 Å². The highest BCUT2D eigenvalue weighted by Crippen LogP contribution is 2.27. The molecule has 0 spiro atoms. The average Bonchev–Trinajstić information content (AvgIpc) is 2.45. The van der Waals surface area contributed by atoms with E-state index >= 15 is 0 Å². The minimum absolute atomic E-state index is 0.313. The van der Waals surface area contributed by atoms with Crippen LogP contribution in [0.3, 0.4) is 0 Å². The van der Waals surface area contributed by atoms with Crippen molar-refractivity contribution in [3.63, 3.8) is 0 Å². The van der Waals surface area contributed by atoms with E-state index in [4.69, 9.17) is 14.2 Å². The topological polar surface area (TPSA) is 39.7 Å². The summed E-state index contributed by atoms with van der Waals surface area (Å²) in [6.07, 6.45) is 0.871. The Morgan fingerprint density at radius 3 is 2.65 bits per heavy atom. The second kappa shape index (κ2) is 10.2. The van der Waals surface area contributed by atoms with E-state index in [1.165, 1.54) is 5.56 Å². The molecule has 0 amide bonds. The maximum Gasteiger partial charge on any atom is 0.120 e. The predicted molar refractivity (Wildman–Crippen MR) is 84.4 cm³/mol. The van der Waals surface area contributed by atoms with Gasteiger partial charge in [0, 0.05) is 30.7 Å². The van der Waals surface area contributed by atoms with Crippen LogP contribution in [0.1, 0.15) is 24.9 Å². The molecule has 0 saturated carbocycles. The Morgan fingerprint density at radius 1 is 1.20 bits per heavy atom. The van der Waals surface area contributed by atoms with Crippen LogP contribution in [0.2, 0.25) is 0 Å². The van der Waals surface area contributed by atoms with Crippen molar-refractivity contribution in [2.75, 3.05) is 40.6 Å². The largest absolute Gasteiger partial charge is 0.493 e. The number of rotatable bonds is 10. The highest BCUT2D eigenvalue weighted by atomic mass is 79.9. The molecular weight excluding hydrogens is 322 g/mol. The van der Waals surface area contributed by atoms with Crippen molar-refractivity contribution in [2.24, 2.45) is 0 Å². The molecule has 1 N–H and O–H groups in total. The Kier molecular flexibility index (Phi) is 8.85. The lowest BCUT2D eigenvalue weighted by Gasteiger charge is -2.14. The first-order chi connectivity index (χ1) is 9.69. The van der Waals surface area contributed by atoms with Crippen LogP contribution in [0.4, 0.5) is 0 Å². The van der Waals surface area contributed by atoms with Gasteiger partial charge in [-0.1, -0.05) is 22.0 Å². The third-order valence-corrected chi connectivity index (χ3v) is 3.69. The van der Waals surface area contributed by atoms with Crippen LogP contribution in [0.15, 0.2) is 22.7 Å². The molecule has 0 fully saturated rings. The van der Waals surface area contributed by atoms with Crippen molar-refractivity contribution in [3.8, 4) is 5.75 Å². The molecule has 0 aromatic heterocycles. The molecule has 20 heavy (non-hydrogen) atoms. The summed E-state index contributed by atoms with van der Waals surface area (Å²) in [6, 6.07) is 6.40. The van der Waals surface area contributed by atoms with Gasteiger partial charge in [0.25, 0.3) is 0 Å². The second-order valence-electron chi connectivity index (χ2n) is 4.50. The summed E-state index contributed by atoms with van der Waals surface area (Å²) in [5.74, 6) is 0.876. The van der Waals surface area contributed by atoms with E-state index in [0.29, 0.717) is 32.5 Å². The molecule has 4 nitrogen and oxygen atoms in total. The van der Waals surface area contributed by atoms with Crippen molar-refractivity contribution in [1.82, 2.24) is 5.32 Å². The molecule has 0 saturated heterocycles. The van der Waals surface area contributed by atoms with Crippen molar-refractivity contribution in [1.29, 1.82) is 0 Å². The zero-order valence-corrected chi connectivity index (χ0v) is 14.0. The molecule has 1 rings (SSSR count). The zero-order chi connectivity index (χ0) is 14.8. The van der Waals surface area contributed by atoms with Crippen LogP contribution < -0.4 is 10.1 Å². The molecule has 0 aliphatic carbocycles. The lowest BCUT2D eigenvalue weighted by Crippen LogP contribution is -2.12. The molecule has 0 aliphatic rings. The normalized spacial score (nSPS) is 12.4. The molecule has 1 unspecified atom stereocenters. The van der Waals surface area contributed by atoms with Crippen molar-refractivity contribution < 1.29 is 14.2 Å². The summed E-state index contributed by atoms with van der Waals surface area (Å²) in [6.45, 7) is 4.75. The summed E-state index contributed by atoms with van der Waals surface area (Å²) >= 11 is 3.58. The molecule has 114 valence electrons. The first kappa shape index (κ1) is 17.4. The highest BCUT2D eigenvalue weighted by molar-refractivity contribution is 9.10. The van der Waals surface area contributed by atoms with Crippen molar-refractivity contribution >= 4 is 15.9 Å². The SMILES string of the molecule is CNC(C)c1ccc(OCCCOCCOC)cc1Br. The van der Waals surface area contributed by atoms with Crippen molar-refractivity contribution in [3.05, 3.63) is 28.2 Å². The van der Waals surface area contributed by atoms with Gasteiger partial charge in [-0.15, -0.1) is 0 Å². The fourth-order valence-electron chi connectivity index (χ4n) is 1.70. The smallest absolute Gasteiger partial charge is 0.120 e. The maximum absolute atomic E-state index is 5.70. The van der Waals surface area contributed by atoms with Crippen LogP contribution in [0.5, 0.6) is 5.75 Å². The van der Waals surface area contributed by atoms with Gasteiger partial charge >= 0.3 is 0 Å². The second-order valence-corrected chi connectivity index (χ2v) is 5.36. The molecular formula is C15H24BrNO3. The number of hydrogen-bond acceptors (Lipinski definition) is 4. The highest BCUT2D eigenvalue weighted by Gasteiger charge is 2.08. The van der Waals surface area contributed by atoms with Gasteiger partial charge in [0.05, 0.1) is 19.8 Å². The average molecular weight is 346 g/mol. The third-order valence-electron chi connectivity index (χ3n) is 3.00. The number of halogens is 1. The Balaban J connectivity index is 2.29. The fraction of sp³-hybridized carbons (Fsp3) is 0.600. The molecule has 0 aliphatic heterocycles. The van der Waals surface area contributed by atoms with E-state index in [1.54, 1.807) is 7.11 Å².